The van der Waals surface area contributed by atoms with Crippen molar-refractivity contribution in [1.82, 2.24) is 24.4 Å². The van der Waals surface area contributed by atoms with E-state index in [0.29, 0.717) is 34.9 Å². The summed E-state index contributed by atoms with van der Waals surface area (Å²) >= 11 is 0. The van der Waals surface area contributed by atoms with Gasteiger partial charge in [-0.1, -0.05) is 0 Å². The molecular formula is C31H38F4N8O2. The molecule has 3 atom stereocenters. The Bertz CT molecular complexity index is 1670. The van der Waals surface area contributed by atoms with E-state index in [-0.39, 0.29) is 24.8 Å². The highest BCUT2D eigenvalue weighted by atomic mass is 19.3. The van der Waals surface area contributed by atoms with Gasteiger partial charge in [-0.15, -0.1) is 0 Å². The summed E-state index contributed by atoms with van der Waals surface area (Å²) in [6.07, 6.45) is -3.70. The summed E-state index contributed by atoms with van der Waals surface area (Å²) in [5, 5.41) is 14.3. The summed E-state index contributed by atoms with van der Waals surface area (Å²) in [7, 11) is 2.04. The first-order valence-corrected chi connectivity index (χ1v) is 15.1. The van der Waals surface area contributed by atoms with Crippen molar-refractivity contribution in [2.45, 2.75) is 57.8 Å². The second-order valence-corrected chi connectivity index (χ2v) is 12.4. The first-order valence-electron chi connectivity index (χ1n) is 15.1. The van der Waals surface area contributed by atoms with Gasteiger partial charge < -0.3 is 34.4 Å². The van der Waals surface area contributed by atoms with Crippen molar-refractivity contribution >= 4 is 45.1 Å². The highest BCUT2D eigenvalue weighted by Gasteiger charge is 2.39. The number of ether oxygens (including phenoxy) is 1. The van der Waals surface area contributed by atoms with Crippen LogP contribution in [0.4, 0.5) is 40.8 Å². The molecule has 4 aromatic rings. The van der Waals surface area contributed by atoms with E-state index in [1.807, 2.05) is 33.0 Å². The minimum absolute atomic E-state index is 0.0353. The standard InChI is InChI=1S/C31H38F4N8O2/c1-18(2)43-21-15-26(38-25-5-7-36-30(39-25)42-8-6-24(44)31(3,35)17-42)37-16-20(21)27-22(43)13-19(41-11-9-40(4)10-12-41)14-23(27)45-29(34)28(32)33/h5,7,13-16,18,24,28-29,44H,6,8-12,17H2,1-4H3,(H,36,37,38,39). The molecule has 2 saturated heterocycles. The van der Waals surface area contributed by atoms with Gasteiger partial charge in [0.2, 0.25) is 5.95 Å². The number of rotatable bonds is 8. The van der Waals surface area contributed by atoms with Gasteiger partial charge in [0.25, 0.3) is 6.36 Å². The third-order valence-corrected chi connectivity index (χ3v) is 8.61. The van der Waals surface area contributed by atoms with E-state index in [1.165, 1.54) is 6.92 Å². The Morgan fingerprint density at radius 2 is 1.76 bits per heavy atom. The van der Waals surface area contributed by atoms with Gasteiger partial charge in [-0.2, -0.15) is 9.37 Å². The van der Waals surface area contributed by atoms with Crippen LogP contribution in [0.2, 0.25) is 0 Å². The lowest BCUT2D eigenvalue weighted by atomic mass is 9.94. The molecular weight excluding hydrogens is 592 g/mol. The fourth-order valence-corrected chi connectivity index (χ4v) is 6.16. The van der Waals surface area contributed by atoms with Gasteiger partial charge in [0.1, 0.15) is 17.4 Å². The summed E-state index contributed by atoms with van der Waals surface area (Å²) in [5.41, 5.74) is 0.452. The van der Waals surface area contributed by atoms with Crippen LogP contribution in [0.5, 0.6) is 5.75 Å². The number of piperazine rings is 1. The average molecular weight is 631 g/mol. The van der Waals surface area contributed by atoms with Crippen molar-refractivity contribution in [1.29, 1.82) is 0 Å². The lowest BCUT2D eigenvalue weighted by Crippen LogP contribution is -2.52. The molecule has 5 heterocycles. The Hall–Kier alpha value is -3.91. The summed E-state index contributed by atoms with van der Waals surface area (Å²) in [6.45, 7) is 8.89. The van der Waals surface area contributed by atoms with Gasteiger partial charge in [0, 0.05) is 74.4 Å². The molecule has 0 amide bonds. The number of fused-ring (bicyclic) bond motifs is 3. The number of nitrogens with zero attached hydrogens (tertiary/aromatic N) is 7. The molecule has 242 valence electrons. The van der Waals surface area contributed by atoms with Crippen molar-refractivity contribution in [3.63, 3.8) is 0 Å². The number of aliphatic hydroxyl groups is 1. The molecule has 3 unspecified atom stereocenters. The van der Waals surface area contributed by atoms with E-state index in [0.717, 1.165) is 42.9 Å². The number of alkyl halides is 4. The van der Waals surface area contributed by atoms with Crippen molar-refractivity contribution < 1.29 is 27.4 Å². The molecule has 2 aliphatic rings. The zero-order valence-corrected chi connectivity index (χ0v) is 25.7. The SMILES string of the molecule is CC(C)n1c2cc(Nc3ccnc(N4CCC(O)C(C)(F)C4)n3)ncc2c2c(OC(F)C(F)F)cc(N3CCN(C)CC3)cc21. The van der Waals surface area contributed by atoms with Crippen LogP contribution >= 0.6 is 0 Å². The van der Waals surface area contributed by atoms with Crippen LogP contribution in [0.3, 0.4) is 0 Å². The average Bonchev–Trinajstić information content (AvgIpc) is 3.33. The number of hydrogen-bond acceptors (Lipinski definition) is 9. The van der Waals surface area contributed by atoms with Crippen LogP contribution in [0.15, 0.2) is 36.7 Å². The highest BCUT2D eigenvalue weighted by molar-refractivity contribution is 6.12. The maximum atomic E-state index is 14.8. The quantitative estimate of drug-likeness (QED) is 0.252. The van der Waals surface area contributed by atoms with Crippen LogP contribution in [0.25, 0.3) is 21.8 Å². The Kier molecular flexibility index (Phi) is 8.37. The second kappa shape index (κ2) is 12.1. The van der Waals surface area contributed by atoms with Crippen LogP contribution < -0.4 is 19.9 Å². The van der Waals surface area contributed by atoms with E-state index < -0.39 is 24.6 Å². The number of benzene rings is 1. The van der Waals surface area contributed by atoms with Gasteiger partial charge in [-0.05, 0) is 46.4 Å². The third-order valence-electron chi connectivity index (χ3n) is 8.61. The predicted octanol–water partition coefficient (Wildman–Crippen LogP) is 5.29. The van der Waals surface area contributed by atoms with Crippen LogP contribution in [-0.4, -0.2) is 100 Å². The van der Waals surface area contributed by atoms with E-state index in [9.17, 15) is 22.7 Å². The molecule has 3 aromatic heterocycles. The van der Waals surface area contributed by atoms with Crippen molar-refractivity contribution in [3.8, 4) is 5.75 Å². The van der Waals surface area contributed by atoms with Crippen LogP contribution in [-0.2, 0) is 0 Å². The number of hydrogen-bond donors (Lipinski definition) is 2. The first kappa shape index (κ1) is 31.1. The summed E-state index contributed by atoms with van der Waals surface area (Å²) in [5.74, 6) is 1.25. The smallest absolute Gasteiger partial charge is 0.304 e. The number of halogens is 4. The fraction of sp³-hybridized carbons (Fsp3) is 0.516. The molecule has 14 heteroatoms. The normalized spacial score (nSPS) is 22.2. The monoisotopic (exact) mass is 630 g/mol. The number of aliphatic hydroxyl groups excluding tert-OH is 1. The van der Waals surface area contributed by atoms with Crippen molar-refractivity contribution in [2.24, 2.45) is 0 Å². The van der Waals surface area contributed by atoms with E-state index >= 15 is 0 Å². The third kappa shape index (κ3) is 6.17. The van der Waals surface area contributed by atoms with Gasteiger partial charge in [-0.3, -0.25) is 0 Å². The molecule has 0 bridgehead atoms. The second-order valence-electron chi connectivity index (χ2n) is 12.4. The maximum Gasteiger partial charge on any atom is 0.304 e. The molecule has 10 nitrogen and oxygen atoms in total. The van der Waals surface area contributed by atoms with E-state index in [2.05, 4.69) is 34.6 Å². The van der Waals surface area contributed by atoms with Gasteiger partial charge in [-0.25, -0.2) is 23.1 Å². The molecule has 0 aliphatic carbocycles. The highest BCUT2D eigenvalue weighted by Crippen LogP contribution is 2.42. The summed E-state index contributed by atoms with van der Waals surface area (Å²) in [6, 6.07) is 7.08. The fourth-order valence-electron chi connectivity index (χ4n) is 6.16. The van der Waals surface area contributed by atoms with Crippen molar-refractivity contribution in [2.75, 3.05) is 61.4 Å². The van der Waals surface area contributed by atoms with Gasteiger partial charge in [0.15, 0.2) is 5.67 Å². The van der Waals surface area contributed by atoms with Crippen LogP contribution in [0.1, 0.15) is 33.2 Å². The molecule has 0 saturated carbocycles. The molecule has 0 radical (unpaired) electrons. The number of anilines is 4. The van der Waals surface area contributed by atoms with Crippen LogP contribution in [0, 0.1) is 0 Å². The lowest BCUT2D eigenvalue weighted by molar-refractivity contribution is -0.0660. The Morgan fingerprint density at radius 3 is 2.44 bits per heavy atom. The molecule has 2 fully saturated rings. The lowest BCUT2D eigenvalue weighted by Gasteiger charge is -2.38. The Balaban J connectivity index is 1.40. The van der Waals surface area contributed by atoms with E-state index in [4.69, 9.17) is 4.74 Å². The zero-order valence-electron chi connectivity index (χ0n) is 25.7. The minimum atomic E-state index is -3.30. The predicted molar refractivity (Wildman–Crippen MR) is 167 cm³/mol. The molecule has 1 aromatic carbocycles. The number of aromatic nitrogens is 4. The summed E-state index contributed by atoms with van der Waals surface area (Å²) in [4.78, 5) is 19.5. The number of pyridine rings is 1. The molecule has 45 heavy (non-hydrogen) atoms. The van der Waals surface area contributed by atoms with Gasteiger partial charge in [0.05, 0.1) is 29.1 Å². The van der Waals surface area contributed by atoms with Crippen molar-refractivity contribution in [3.05, 3.63) is 36.7 Å². The Labute approximate surface area is 258 Å². The molecule has 2 N–H and O–H groups in total. The maximum absolute atomic E-state index is 14.8. The molecule has 0 spiro atoms. The Morgan fingerprint density at radius 1 is 1.00 bits per heavy atom. The first-order chi connectivity index (χ1) is 21.4. The number of piperidine rings is 1. The molecule has 2 aliphatic heterocycles. The van der Waals surface area contributed by atoms with Gasteiger partial charge >= 0.3 is 6.43 Å². The molecule has 6 rings (SSSR count). The zero-order chi connectivity index (χ0) is 32.0. The summed E-state index contributed by atoms with van der Waals surface area (Å²) < 4.78 is 63.2. The number of nitrogens with one attached hydrogen (secondary N) is 1. The topological polar surface area (TPSA) is 94.8 Å². The van der Waals surface area contributed by atoms with E-state index in [1.54, 1.807) is 29.4 Å². The largest absolute Gasteiger partial charge is 0.454 e. The number of likely N-dealkylation sites (N-methyl/N-ethyl adjacent to an activating group) is 1. The minimum Gasteiger partial charge on any atom is -0.454 e.